The van der Waals surface area contributed by atoms with E-state index in [9.17, 15) is 4.79 Å². The Bertz CT molecular complexity index is 205. The molecule has 0 bridgehead atoms. The van der Waals surface area contributed by atoms with Crippen molar-refractivity contribution >= 4 is 18.2 Å². The van der Waals surface area contributed by atoms with Gasteiger partial charge in [0.1, 0.15) is 5.78 Å². The molecule has 0 N–H and O–H groups in total. The van der Waals surface area contributed by atoms with Crippen LogP contribution in [0.3, 0.4) is 0 Å². The van der Waals surface area contributed by atoms with Gasteiger partial charge < -0.3 is 0 Å². The zero-order valence-corrected chi connectivity index (χ0v) is 12.0. The molecule has 0 amide bonds. The number of ketones is 1. The summed E-state index contributed by atoms with van der Waals surface area (Å²) in [6.07, 6.45) is 17.1. The van der Waals surface area contributed by atoms with Gasteiger partial charge in [0.15, 0.2) is 0 Å². The molecule has 0 heterocycles. The van der Waals surface area contributed by atoms with Gasteiger partial charge in [-0.15, -0.1) is 24.8 Å². The van der Waals surface area contributed by atoms with Gasteiger partial charge in [-0.25, -0.2) is 0 Å². The van der Waals surface area contributed by atoms with E-state index < -0.39 is 0 Å². The van der Waals surface area contributed by atoms with E-state index in [0.717, 1.165) is 25.7 Å². The first-order chi connectivity index (χ1) is 7.81. The molecule has 0 aromatic carbocycles. The lowest BCUT2D eigenvalue weighted by atomic mass is 10.0. The molecule has 0 unspecified atom stereocenters. The highest BCUT2D eigenvalue weighted by atomic mass is 35.5. The third-order valence-corrected chi connectivity index (χ3v) is 2.84. The van der Waals surface area contributed by atoms with Crippen LogP contribution in [0.5, 0.6) is 0 Å². The van der Waals surface area contributed by atoms with Crippen LogP contribution >= 0.6 is 12.4 Å². The van der Waals surface area contributed by atoms with E-state index >= 15 is 0 Å². The fraction of sp³-hybridized carbons (Fsp3) is 0.800. The Morgan fingerprint density at radius 2 is 1.47 bits per heavy atom. The van der Waals surface area contributed by atoms with Crippen molar-refractivity contribution in [1.82, 2.24) is 0 Å². The maximum absolute atomic E-state index is 11.4. The Balaban J connectivity index is 0. The molecule has 0 fully saturated rings. The van der Waals surface area contributed by atoms with Crippen molar-refractivity contribution in [3.63, 3.8) is 0 Å². The summed E-state index contributed by atoms with van der Waals surface area (Å²) >= 11 is 0. The molecular weight excluding hydrogens is 232 g/mol. The number of hydrogen-bond donors (Lipinski definition) is 0. The van der Waals surface area contributed by atoms with Crippen LogP contribution in [-0.2, 0) is 4.79 Å². The Morgan fingerprint density at radius 1 is 0.941 bits per heavy atom. The Hall–Kier alpha value is -0.480. The van der Waals surface area contributed by atoms with Crippen LogP contribution in [0, 0.1) is 12.3 Å². The van der Waals surface area contributed by atoms with Crippen molar-refractivity contribution in [3.05, 3.63) is 0 Å². The summed E-state index contributed by atoms with van der Waals surface area (Å²) < 4.78 is 0. The summed E-state index contributed by atoms with van der Waals surface area (Å²) in [6, 6.07) is 0. The van der Waals surface area contributed by atoms with Gasteiger partial charge in [0.05, 0.1) is 0 Å². The molecule has 17 heavy (non-hydrogen) atoms. The first-order valence-electron chi connectivity index (χ1n) is 6.76. The van der Waals surface area contributed by atoms with Crippen LogP contribution in [0.15, 0.2) is 0 Å². The lowest BCUT2D eigenvalue weighted by Crippen LogP contribution is -1.97. The van der Waals surface area contributed by atoms with Crippen molar-refractivity contribution in [2.24, 2.45) is 0 Å². The Kier molecular flexibility index (Phi) is 17.2. The second-order valence-electron chi connectivity index (χ2n) is 4.47. The topological polar surface area (TPSA) is 17.1 Å². The van der Waals surface area contributed by atoms with Crippen LogP contribution < -0.4 is 0 Å². The molecule has 0 rings (SSSR count). The van der Waals surface area contributed by atoms with E-state index in [1.54, 1.807) is 0 Å². The summed E-state index contributed by atoms with van der Waals surface area (Å²) in [7, 11) is 0. The highest BCUT2D eigenvalue weighted by molar-refractivity contribution is 5.85. The largest absolute Gasteiger partial charge is 0.300 e. The van der Waals surface area contributed by atoms with E-state index in [2.05, 4.69) is 12.8 Å². The molecule has 0 saturated heterocycles. The summed E-state index contributed by atoms with van der Waals surface area (Å²) in [6.45, 7) is 2.23. The number of carbonyl (C=O) groups excluding carboxylic acids is 1. The Morgan fingerprint density at radius 3 is 2.06 bits per heavy atom. The first kappa shape index (κ1) is 18.9. The van der Waals surface area contributed by atoms with Gasteiger partial charge in [-0.2, -0.15) is 0 Å². The number of unbranched alkanes of at least 4 members (excludes halogenated alkanes) is 7. The minimum Gasteiger partial charge on any atom is -0.300 e. The molecule has 0 spiro atoms. The normalized spacial score (nSPS) is 9.41. The van der Waals surface area contributed by atoms with Gasteiger partial charge in [0.2, 0.25) is 0 Å². The average Bonchev–Trinajstić information content (AvgIpc) is 2.28. The van der Waals surface area contributed by atoms with Gasteiger partial charge in [0, 0.05) is 19.3 Å². The second-order valence-corrected chi connectivity index (χ2v) is 4.47. The van der Waals surface area contributed by atoms with Crippen molar-refractivity contribution in [3.8, 4) is 12.3 Å². The van der Waals surface area contributed by atoms with E-state index in [4.69, 9.17) is 6.42 Å². The molecule has 0 aromatic rings. The maximum Gasteiger partial charge on any atom is 0.132 e. The van der Waals surface area contributed by atoms with Crippen molar-refractivity contribution in [1.29, 1.82) is 0 Å². The first-order valence-corrected chi connectivity index (χ1v) is 6.76. The number of hydrogen-bond acceptors (Lipinski definition) is 1. The lowest BCUT2D eigenvalue weighted by molar-refractivity contribution is -0.119. The third kappa shape index (κ3) is 15.5. The number of halogens is 1. The minimum absolute atomic E-state index is 0. The van der Waals surface area contributed by atoms with Crippen LogP contribution in [0.2, 0.25) is 0 Å². The molecule has 0 saturated carbocycles. The summed E-state index contributed by atoms with van der Waals surface area (Å²) in [4.78, 5) is 11.4. The monoisotopic (exact) mass is 258 g/mol. The minimum atomic E-state index is 0. The molecule has 2 heteroatoms. The number of Topliss-reactive ketones (excluding diaryl/α,β-unsaturated/α-hetero) is 1. The standard InChI is InChI=1S/C15H26O.ClH/c1-3-5-7-8-9-10-12-14-15(16)13-11-6-4-2;/h2H,3,5-14H2,1H3;1H. The van der Waals surface area contributed by atoms with Crippen molar-refractivity contribution in [2.75, 3.05) is 0 Å². The molecule has 0 aromatic heterocycles. The van der Waals surface area contributed by atoms with Gasteiger partial charge in [-0.3, -0.25) is 4.79 Å². The smallest absolute Gasteiger partial charge is 0.132 e. The SMILES string of the molecule is C#CCCCC(=O)CCCCCCCCC.Cl. The van der Waals surface area contributed by atoms with Crippen LogP contribution in [-0.4, -0.2) is 5.78 Å². The number of terminal acetylenes is 1. The van der Waals surface area contributed by atoms with Gasteiger partial charge >= 0.3 is 0 Å². The molecule has 0 aliphatic heterocycles. The zero-order valence-electron chi connectivity index (χ0n) is 11.2. The highest BCUT2D eigenvalue weighted by Crippen LogP contribution is 2.09. The average molecular weight is 259 g/mol. The van der Waals surface area contributed by atoms with Crippen LogP contribution in [0.25, 0.3) is 0 Å². The predicted octanol–water partition coefficient (Wildman–Crippen LogP) is 4.92. The summed E-state index contributed by atoms with van der Waals surface area (Å²) in [5.41, 5.74) is 0. The quantitative estimate of drug-likeness (QED) is 0.380. The predicted molar refractivity (Wildman–Crippen MR) is 77.5 cm³/mol. The van der Waals surface area contributed by atoms with Crippen LogP contribution in [0.4, 0.5) is 0 Å². The molecule has 1 nitrogen and oxygen atoms in total. The van der Waals surface area contributed by atoms with E-state index in [-0.39, 0.29) is 12.4 Å². The van der Waals surface area contributed by atoms with Gasteiger partial charge in [0.25, 0.3) is 0 Å². The van der Waals surface area contributed by atoms with E-state index in [0.29, 0.717) is 12.2 Å². The summed E-state index contributed by atoms with van der Waals surface area (Å²) in [5.74, 6) is 2.96. The second kappa shape index (κ2) is 15.5. The van der Waals surface area contributed by atoms with Crippen LogP contribution in [0.1, 0.15) is 77.6 Å². The van der Waals surface area contributed by atoms with E-state index in [1.165, 1.54) is 38.5 Å². The van der Waals surface area contributed by atoms with E-state index in [1.807, 2.05) is 0 Å². The van der Waals surface area contributed by atoms with Gasteiger partial charge in [-0.1, -0.05) is 45.4 Å². The molecule has 100 valence electrons. The maximum atomic E-state index is 11.4. The number of rotatable bonds is 11. The van der Waals surface area contributed by atoms with Crippen molar-refractivity contribution in [2.45, 2.75) is 77.6 Å². The highest BCUT2D eigenvalue weighted by Gasteiger charge is 2.00. The molecule has 0 aliphatic carbocycles. The van der Waals surface area contributed by atoms with Crippen molar-refractivity contribution < 1.29 is 4.79 Å². The molecule has 0 radical (unpaired) electrons. The Labute approximate surface area is 113 Å². The molecule has 0 aliphatic rings. The van der Waals surface area contributed by atoms with Gasteiger partial charge in [-0.05, 0) is 12.8 Å². The lowest BCUT2D eigenvalue weighted by Gasteiger charge is -2.01. The number of carbonyl (C=O) groups is 1. The zero-order chi connectivity index (χ0) is 12.1. The summed E-state index contributed by atoms with van der Waals surface area (Å²) in [5, 5.41) is 0. The molecule has 0 atom stereocenters. The third-order valence-electron chi connectivity index (χ3n) is 2.84. The molecular formula is C15H27ClO. The fourth-order valence-corrected chi connectivity index (χ4v) is 1.79. The fourth-order valence-electron chi connectivity index (χ4n) is 1.79.